The van der Waals surface area contributed by atoms with Crippen molar-refractivity contribution < 1.29 is 14.3 Å². The summed E-state index contributed by atoms with van der Waals surface area (Å²) in [5, 5.41) is 3.01. The highest BCUT2D eigenvalue weighted by Gasteiger charge is 2.12. The molecule has 0 bridgehead atoms. The molecular weight excluding hydrogens is 424 g/mol. The summed E-state index contributed by atoms with van der Waals surface area (Å²) < 4.78 is 5.18. The summed E-state index contributed by atoms with van der Waals surface area (Å²) in [6.45, 7) is 7.15. The topological polar surface area (TPSA) is 58.6 Å². The monoisotopic (exact) mass is 464 g/mol. The number of hydrogen-bond donors (Lipinski definition) is 1. The second-order valence-electron chi connectivity index (χ2n) is 8.52. The molecule has 2 rings (SSSR count). The van der Waals surface area contributed by atoms with Gasteiger partial charge in [0.2, 0.25) is 0 Å². The Kier molecular flexibility index (Phi) is 11.9. The summed E-state index contributed by atoms with van der Waals surface area (Å²) in [5.74, 6) is -0.247. The first-order valence-electron chi connectivity index (χ1n) is 12.6. The molecule has 5 nitrogen and oxygen atoms in total. The largest absolute Gasteiger partial charge is 0.463 e. The van der Waals surface area contributed by atoms with Crippen LogP contribution in [-0.2, 0) is 9.53 Å². The van der Waals surface area contributed by atoms with Gasteiger partial charge in [0, 0.05) is 24.9 Å². The van der Waals surface area contributed by atoms with E-state index in [1.165, 1.54) is 19.3 Å². The van der Waals surface area contributed by atoms with E-state index in [1.54, 1.807) is 11.9 Å². The molecule has 184 valence electrons. The van der Waals surface area contributed by atoms with Crippen LogP contribution in [0.5, 0.6) is 0 Å². The lowest BCUT2D eigenvalue weighted by atomic mass is 10.0. The SMILES string of the molecule is CCCCCCCNC(=O)N(C)c1cccc(-c2ccc(C=C(CCC)C(=O)OCC)cc2)c1. The molecule has 0 aromatic heterocycles. The summed E-state index contributed by atoms with van der Waals surface area (Å²) in [6, 6.07) is 16.0. The molecule has 2 amide bonds. The van der Waals surface area contributed by atoms with Gasteiger partial charge in [-0.3, -0.25) is 4.90 Å². The van der Waals surface area contributed by atoms with Gasteiger partial charge in [0.15, 0.2) is 0 Å². The van der Waals surface area contributed by atoms with E-state index in [-0.39, 0.29) is 12.0 Å². The molecule has 0 saturated heterocycles. The van der Waals surface area contributed by atoms with Gasteiger partial charge < -0.3 is 10.1 Å². The zero-order valence-electron chi connectivity index (χ0n) is 21.2. The maximum Gasteiger partial charge on any atom is 0.334 e. The van der Waals surface area contributed by atoms with Crippen molar-refractivity contribution in [2.45, 2.75) is 65.7 Å². The summed E-state index contributed by atoms with van der Waals surface area (Å²) in [6.07, 6.45) is 9.34. The number of hydrogen-bond acceptors (Lipinski definition) is 3. The predicted octanol–water partition coefficient (Wildman–Crippen LogP) is 7.22. The van der Waals surface area contributed by atoms with E-state index in [0.29, 0.717) is 25.1 Å². The molecule has 5 heteroatoms. The fourth-order valence-electron chi connectivity index (χ4n) is 3.75. The molecule has 2 aromatic carbocycles. The van der Waals surface area contributed by atoms with E-state index in [4.69, 9.17) is 4.74 Å². The second kappa shape index (κ2) is 14.9. The van der Waals surface area contributed by atoms with Crippen LogP contribution >= 0.6 is 0 Å². The molecule has 0 spiro atoms. The fraction of sp³-hybridized carbons (Fsp3) is 0.448. The predicted molar refractivity (Wildman–Crippen MR) is 142 cm³/mol. The number of ether oxygens (including phenoxy) is 1. The smallest absolute Gasteiger partial charge is 0.334 e. The first-order chi connectivity index (χ1) is 16.5. The Labute approximate surface area is 205 Å². The number of esters is 1. The van der Waals surface area contributed by atoms with E-state index >= 15 is 0 Å². The number of nitrogens with one attached hydrogen (secondary N) is 1. The molecule has 0 radical (unpaired) electrons. The molecular formula is C29H40N2O3. The molecule has 0 heterocycles. The minimum Gasteiger partial charge on any atom is -0.463 e. The van der Waals surface area contributed by atoms with Gasteiger partial charge in [-0.25, -0.2) is 9.59 Å². The van der Waals surface area contributed by atoms with Crippen LogP contribution in [0.1, 0.15) is 71.3 Å². The lowest BCUT2D eigenvalue weighted by molar-refractivity contribution is -0.138. The highest BCUT2D eigenvalue weighted by Crippen LogP contribution is 2.25. The number of unbranched alkanes of at least 4 members (excludes halogenated alkanes) is 4. The van der Waals surface area contributed by atoms with Crippen molar-refractivity contribution in [3.05, 3.63) is 59.7 Å². The van der Waals surface area contributed by atoms with Gasteiger partial charge in [-0.2, -0.15) is 0 Å². The molecule has 0 atom stereocenters. The molecule has 0 aliphatic heterocycles. The van der Waals surface area contributed by atoms with Crippen molar-refractivity contribution in [2.24, 2.45) is 0 Å². The van der Waals surface area contributed by atoms with Crippen LogP contribution in [0.4, 0.5) is 10.5 Å². The highest BCUT2D eigenvalue weighted by molar-refractivity contribution is 5.94. The summed E-state index contributed by atoms with van der Waals surface area (Å²) in [7, 11) is 1.80. The van der Waals surface area contributed by atoms with Crippen molar-refractivity contribution in [3.8, 4) is 11.1 Å². The lowest BCUT2D eigenvalue weighted by Crippen LogP contribution is -2.37. The molecule has 0 aliphatic rings. The number of nitrogens with zero attached hydrogens (tertiary/aromatic N) is 1. The standard InChI is InChI=1S/C29H40N2O3/c1-5-8-9-10-11-20-30-29(33)31(4)27-15-12-14-25(22-27)24-18-16-23(17-19-24)21-26(13-6-2)28(32)34-7-3/h12,14-19,21-22H,5-11,13,20H2,1-4H3,(H,30,33). The molecule has 0 saturated carbocycles. The average Bonchev–Trinajstić information content (AvgIpc) is 2.86. The van der Waals surface area contributed by atoms with Gasteiger partial charge >= 0.3 is 12.0 Å². The minimum atomic E-state index is -0.247. The third-order valence-corrected chi connectivity index (χ3v) is 5.74. The van der Waals surface area contributed by atoms with Crippen LogP contribution in [0.15, 0.2) is 54.1 Å². The Balaban J connectivity index is 2.05. The highest BCUT2D eigenvalue weighted by atomic mass is 16.5. The number of carbonyl (C=O) groups is 2. The summed E-state index contributed by atoms with van der Waals surface area (Å²) in [5.41, 5.74) is 4.59. The van der Waals surface area contributed by atoms with Crippen LogP contribution in [0.3, 0.4) is 0 Å². The first kappa shape index (κ1) is 27.2. The Morgan fingerprint density at radius 1 is 0.912 bits per heavy atom. The number of rotatable bonds is 13. The van der Waals surface area contributed by atoms with Crippen molar-refractivity contribution in [2.75, 3.05) is 25.1 Å². The van der Waals surface area contributed by atoms with Crippen molar-refractivity contribution in [1.82, 2.24) is 5.32 Å². The van der Waals surface area contributed by atoms with Gasteiger partial charge in [-0.1, -0.05) is 82.3 Å². The Morgan fingerprint density at radius 3 is 2.32 bits per heavy atom. The number of benzene rings is 2. The van der Waals surface area contributed by atoms with E-state index in [9.17, 15) is 9.59 Å². The summed E-state index contributed by atoms with van der Waals surface area (Å²) in [4.78, 5) is 26.4. The van der Waals surface area contributed by atoms with Gasteiger partial charge in [-0.05, 0) is 54.7 Å². The lowest BCUT2D eigenvalue weighted by Gasteiger charge is -2.19. The van der Waals surface area contributed by atoms with Gasteiger partial charge in [0.1, 0.15) is 0 Å². The van der Waals surface area contributed by atoms with Crippen LogP contribution in [0.2, 0.25) is 0 Å². The third kappa shape index (κ3) is 8.69. The first-order valence-corrected chi connectivity index (χ1v) is 12.6. The molecule has 0 unspecified atom stereocenters. The number of amides is 2. The molecule has 2 aromatic rings. The van der Waals surface area contributed by atoms with Crippen molar-refractivity contribution in [1.29, 1.82) is 0 Å². The van der Waals surface area contributed by atoms with E-state index < -0.39 is 0 Å². The Morgan fingerprint density at radius 2 is 1.65 bits per heavy atom. The van der Waals surface area contributed by atoms with Crippen LogP contribution in [0, 0.1) is 0 Å². The molecule has 0 fully saturated rings. The Bertz CT molecular complexity index is 935. The fourth-order valence-corrected chi connectivity index (χ4v) is 3.75. The van der Waals surface area contributed by atoms with Crippen LogP contribution < -0.4 is 10.2 Å². The quantitative estimate of drug-likeness (QED) is 0.193. The minimum absolute atomic E-state index is 0.0875. The Hall–Kier alpha value is -3.08. The van der Waals surface area contributed by atoms with E-state index in [1.807, 2.05) is 68.5 Å². The average molecular weight is 465 g/mol. The summed E-state index contributed by atoms with van der Waals surface area (Å²) >= 11 is 0. The maximum absolute atomic E-state index is 12.6. The molecule has 0 aliphatic carbocycles. The van der Waals surface area contributed by atoms with Gasteiger partial charge in [0.25, 0.3) is 0 Å². The molecule has 1 N–H and O–H groups in total. The van der Waals surface area contributed by atoms with E-state index in [2.05, 4.69) is 12.2 Å². The maximum atomic E-state index is 12.6. The van der Waals surface area contributed by atoms with Gasteiger partial charge in [0.05, 0.1) is 6.61 Å². The van der Waals surface area contributed by atoms with Crippen LogP contribution in [0.25, 0.3) is 17.2 Å². The number of carbonyl (C=O) groups excluding carboxylic acids is 2. The van der Waals surface area contributed by atoms with E-state index in [0.717, 1.165) is 41.6 Å². The normalized spacial score (nSPS) is 11.2. The number of anilines is 1. The zero-order valence-corrected chi connectivity index (χ0v) is 21.2. The van der Waals surface area contributed by atoms with Crippen LogP contribution in [-0.4, -0.2) is 32.2 Å². The second-order valence-corrected chi connectivity index (χ2v) is 8.52. The number of urea groups is 1. The third-order valence-electron chi connectivity index (χ3n) is 5.74. The van der Waals surface area contributed by atoms with Crippen molar-refractivity contribution in [3.63, 3.8) is 0 Å². The van der Waals surface area contributed by atoms with Gasteiger partial charge in [-0.15, -0.1) is 0 Å². The zero-order chi connectivity index (χ0) is 24.8. The molecule has 34 heavy (non-hydrogen) atoms. The van der Waals surface area contributed by atoms with Crippen molar-refractivity contribution >= 4 is 23.8 Å².